The molecule has 1 heterocycles. The van der Waals surface area contributed by atoms with Crippen molar-refractivity contribution in [1.29, 1.82) is 0 Å². The highest BCUT2D eigenvalue weighted by atomic mass is 35.5. The third-order valence-corrected chi connectivity index (χ3v) is 3.27. The van der Waals surface area contributed by atoms with Crippen LogP contribution in [0.1, 0.15) is 45.4 Å². The monoisotopic (exact) mass is 300 g/mol. The molecule has 0 saturated carbocycles. The topological polar surface area (TPSA) is 16.4 Å². The number of hydrogen-bond acceptors (Lipinski definition) is 2. The average molecular weight is 301 g/mol. The summed E-state index contributed by atoms with van der Waals surface area (Å²) in [6, 6.07) is 4.21. The Labute approximate surface area is 130 Å². The second-order valence-corrected chi connectivity index (χ2v) is 5.27. The first-order valence-corrected chi connectivity index (χ1v) is 7.48. The molecule has 0 aliphatic carbocycles. The van der Waals surface area contributed by atoms with Gasteiger partial charge in [-0.15, -0.1) is 0 Å². The second kappa shape index (κ2) is 12.0. The summed E-state index contributed by atoms with van der Waals surface area (Å²) < 4.78 is 7.75. The summed E-state index contributed by atoms with van der Waals surface area (Å²) >= 11 is 0. The number of hydrogen-bond donors (Lipinski definition) is 0. The van der Waals surface area contributed by atoms with Crippen LogP contribution in [0.15, 0.2) is 24.5 Å². The third kappa shape index (κ3) is 8.39. The second-order valence-electron chi connectivity index (χ2n) is 5.27. The van der Waals surface area contributed by atoms with E-state index in [9.17, 15) is 0 Å². The Morgan fingerprint density at radius 2 is 1.60 bits per heavy atom. The van der Waals surface area contributed by atoms with E-state index in [0.717, 1.165) is 6.61 Å². The van der Waals surface area contributed by atoms with Crippen molar-refractivity contribution in [1.82, 2.24) is 0 Å². The molecule has 0 unspecified atom stereocenters. The lowest BCUT2D eigenvalue weighted by Gasteiger charge is -2.10. The lowest BCUT2D eigenvalue weighted by molar-refractivity contribution is -0.732. The van der Waals surface area contributed by atoms with Crippen LogP contribution in [0.25, 0.3) is 0 Å². The molecule has 3 nitrogen and oxygen atoms in total. The van der Waals surface area contributed by atoms with E-state index in [-0.39, 0.29) is 12.4 Å². The normalized spacial score (nSPS) is 10.2. The summed E-state index contributed by atoms with van der Waals surface area (Å²) in [4.78, 5) is 2.10. The highest BCUT2D eigenvalue weighted by Crippen LogP contribution is 2.06. The summed E-state index contributed by atoms with van der Waals surface area (Å²) in [6.45, 7) is 3.78. The molecule has 0 bridgehead atoms. The van der Waals surface area contributed by atoms with Gasteiger partial charge in [-0.25, -0.2) is 0 Å². The number of unbranched alkanes of at least 4 members (excludes halogenated alkanes) is 5. The maximum Gasteiger partial charge on any atom is 0.252 e. The molecular formula is C16H29ClN2O. The maximum atomic E-state index is 5.68. The van der Waals surface area contributed by atoms with Crippen LogP contribution >= 0.6 is 0 Å². The first kappa shape index (κ1) is 19.2. The fourth-order valence-corrected chi connectivity index (χ4v) is 1.99. The van der Waals surface area contributed by atoms with Crippen molar-refractivity contribution >= 4 is 5.69 Å². The van der Waals surface area contributed by atoms with Gasteiger partial charge in [0.15, 0.2) is 12.4 Å². The minimum Gasteiger partial charge on any atom is -1.00 e. The van der Waals surface area contributed by atoms with E-state index in [1.165, 1.54) is 44.2 Å². The molecule has 0 N–H and O–H groups in total. The number of anilines is 1. The fourth-order valence-electron chi connectivity index (χ4n) is 1.99. The van der Waals surface area contributed by atoms with Crippen molar-refractivity contribution in [2.75, 3.05) is 25.6 Å². The Kier molecular flexibility index (Phi) is 11.5. The quantitative estimate of drug-likeness (QED) is 0.459. The third-order valence-electron chi connectivity index (χ3n) is 3.27. The zero-order chi connectivity index (χ0) is 13.9. The summed E-state index contributed by atoms with van der Waals surface area (Å²) in [5.74, 6) is 0. The highest BCUT2D eigenvalue weighted by Gasteiger charge is 2.01. The molecule has 0 aromatic carbocycles. The first-order chi connectivity index (χ1) is 9.24. The van der Waals surface area contributed by atoms with E-state index in [4.69, 9.17) is 4.74 Å². The SMILES string of the molecule is CCCCCCCCOC[n+]1ccc(N(C)C)cc1.[Cl-]. The highest BCUT2D eigenvalue weighted by molar-refractivity contribution is 5.41. The number of ether oxygens (including phenoxy) is 1. The van der Waals surface area contributed by atoms with Gasteiger partial charge in [0, 0.05) is 31.9 Å². The van der Waals surface area contributed by atoms with Crippen LogP contribution in [-0.4, -0.2) is 20.7 Å². The van der Waals surface area contributed by atoms with E-state index in [0.29, 0.717) is 6.73 Å². The minimum atomic E-state index is 0. The molecule has 0 saturated heterocycles. The lowest BCUT2D eigenvalue weighted by Crippen LogP contribution is -3.00. The average Bonchev–Trinajstić information content (AvgIpc) is 2.42. The number of nitrogens with zero attached hydrogens (tertiary/aromatic N) is 2. The first-order valence-electron chi connectivity index (χ1n) is 7.48. The van der Waals surface area contributed by atoms with Crippen LogP contribution in [0.5, 0.6) is 0 Å². The van der Waals surface area contributed by atoms with Crippen LogP contribution in [0, 0.1) is 0 Å². The van der Waals surface area contributed by atoms with E-state index in [1.807, 2.05) is 0 Å². The zero-order valence-corrected chi connectivity index (χ0v) is 13.9. The predicted molar refractivity (Wildman–Crippen MR) is 80.3 cm³/mol. The summed E-state index contributed by atoms with van der Waals surface area (Å²) in [5, 5.41) is 0. The van der Waals surface area contributed by atoms with Crippen LogP contribution in [0.3, 0.4) is 0 Å². The molecule has 0 atom stereocenters. The Morgan fingerprint density at radius 1 is 1.00 bits per heavy atom. The molecule has 0 radical (unpaired) electrons. The largest absolute Gasteiger partial charge is 1.00 e. The molecule has 0 aliphatic rings. The standard InChI is InChI=1S/C16H29N2O.ClH/c1-4-5-6-7-8-9-14-19-15-18-12-10-16(11-13-18)17(2)3;/h10-13H,4-9,14-15H2,1-3H3;1H/q+1;/p-1. The Hall–Kier alpha value is -0.800. The van der Waals surface area contributed by atoms with E-state index in [2.05, 4.69) is 55.0 Å². The number of pyridine rings is 1. The van der Waals surface area contributed by atoms with Gasteiger partial charge < -0.3 is 22.0 Å². The van der Waals surface area contributed by atoms with Crippen LogP contribution in [0.2, 0.25) is 0 Å². The van der Waals surface area contributed by atoms with Gasteiger partial charge in [-0.2, -0.15) is 4.57 Å². The minimum absolute atomic E-state index is 0. The molecule has 116 valence electrons. The van der Waals surface area contributed by atoms with Gasteiger partial charge in [0.25, 0.3) is 6.73 Å². The van der Waals surface area contributed by atoms with E-state index >= 15 is 0 Å². The number of halogens is 1. The zero-order valence-electron chi connectivity index (χ0n) is 13.1. The summed E-state index contributed by atoms with van der Waals surface area (Å²) in [7, 11) is 4.10. The van der Waals surface area contributed by atoms with Crippen molar-refractivity contribution in [2.45, 2.75) is 52.2 Å². The molecule has 0 amide bonds. The number of rotatable bonds is 10. The molecule has 4 heteroatoms. The summed E-state index contributed by atoms with van der Waals surface area (Å²) in [5.41, 5.74) is 1.21. The van der Waals surface area contributed by atoms with Gasteiger partial charge in [0.1, 0.15) is 0 Å². The molecule has 20 heavy (non-hydrogen) atoms. The van der Waals surface area contributed by atoms with Crippen LogP contribution in [-0.2, 0) is 11.5 Å². The number of aromatic nitrogens is 1. The lowest BCUT2D eigenvalue weighted by atomic mass is 10.1. The van der Waals surface area contributed by atoms with Crippen molar-refractivity contribution in [3.8, 4) is 0 Å². The van der Waals surface area contributed by atoms with Gasteiger partial charge in [-0.05, 0) is 6.42 Å². The molecule has 0 aliphatic heterocycles. The van der Waals surface area contributed by atoms with Crippen molar-refractivity contribution in [3.63, 3.8) is 0 Å². The molecule has 1 rings (SSSR count). The Balaban J connectivity index is 0.00000361. The van der Waals surface area contributed by atoms with Gasteiger partial charge in [0.2, 0.25) is 0 Å². The van der Waals surface area contributed by atoms with Crippen molar-refractivity contribution < 1.29 is 21.7 Å². The van der Waals surface area contributed by atoms with Crippen LogP contribution in [0.4, 0.5) is 5.69 Å². The molecule has 1 aromatic rings. The van der Waals surface area contributed by atoms with E-state index < -0.39 is 0 Å². The molecule has 0 fully saturated rings. The molecular weight excluding hydrogens is 272 g/mol. The Morgan fingerprint density at radius 3 is 2.20 bits per heavy atom. The van der Waals surface area contributed by atoms with Crippen molar-refractivity contribution in [2.24, 2.45) is 0 Å². The molecule has 1 aromatic heterocycles. The predicted octanol–water partition coefficient (Wildman–Crippen LogP) is 0.379. The maximum absolute atomic E-state index is 5.68. The van der Waals surface area contributed by atoms with Crippen LogP contribution < -0.4 is 21.9 Å². The van der Waals surface area contributed by atoms with Crippen molar-refractivity contribution in [3.05, 3.63) is 24.5 Å². The van der Waals surface area contributed by atoms with Gasteiger partial charge >= 0.3 is 0 Å². The smallest absolute Gasteiger partial charge is 0.252 e. The van der Waals surface area contributed by atoms with E-state index in [1.54, 1.807) is 0 Å². The molecule has 0 spiro atoms. The fraction of sp³-hybridized carbons (Fsp3) is 0.688. The summed E-state index contributed by atoms with van der Waals surface area (Å²) in [6.07, 6.45) is 12.0. The van der Waals surface area contributed by atoms with Gasteiger partial charge in [0.05, 0.1) is 6.61 Å². The van der Waals surface area contributed by atoms with Gasteiger partial charge in [-0.1, -0.05) is 39.0 Å². The van der Waals surface area contributed by atoms with Gasteiger partial charge in [-0.3, -0.25) is 0 Å². The Bertz CT molecular complexity index is 328.